The minimum atomic E-state index is -0.867. The third-order valence-corrected chi connectivity index (χ3v) is 2.58. The molecule has 0 fully saturated rings. The van der Waals surface area contributed by atoms with Crippen LogP contribution in [0.2, 0.25) is 0 Å². The Bertz CT molecular complexity index is 372. The van der Waals surface area contributed by atoms with E-state index in [-0.39, 0.29) is 11.9 Å². The lowest BCUT2D eigenvalue weighted by Crippen LogP contribution is -2.29. The quantitative estimate of drug-likeness (QED) is 0.828. The lowest BCUT2D eigenvalue weighted by molar-refractivity contribution is -0.141. The molecule has 1 aromatic carbocycles. The van der Waals surface area contributed by atoms with Crippen molar-refractivity contribution in [3.8, 4) is 0 Å². The molecule has 0 aliphatic carbocycles. The normalized spacial score (nSPS) is 14.2. The van der Waals surface area contributed by atoms with E-state index in [9.17, 15) is 9.18 Å². The first-order valence-corrected chi connectivity index (χ1v) is 5.16. The lowest BCUT2D eigenvalue weighted by Gasteiger charge is -2.19. The second-order valence-electron chi connectivity index (χ2n) is 4.08. The molecule has 0 radical (unpaired) electrons. The highest BCUT2D eigenvalue weighted by atomic mass is 19.1. The van der Waals surface area contributed by atoms with E-state index in [2.05, 4.69) is 5.32 Å². The summed E-state index contributed by atoms with van der Waals surface area (Å²) in [5, 5.41) is 11.8. The Labute approximate surface area is 94.3 Å². The molecule has 0 spiro atoms. The van der Waals surface area contributed by atoms with Gasteiger partial charge in [0.2, 0.25) is 0 Å². The number of hydrogen-bond acceptors (Lipinski definition) is 2. The Morgan fingerprint density at radius 2 is 2.00 bits per heavy atom. The van der Waals surface area contributed by atoms with Gasteiger partial charge >= 0.3 is 5.97 Å². The summed E-state index contributed by atoms with van der Waals surface area (Å²) in [6.45, 7) is 5.17. The minimum absolute atomic E-state index is 0.251. The number of hydrogen-bond donors (Lipinski definition) is 2. The second kappa shape index (κ2) is 4.96. The van der Waals surface area contributed by atoms with Crippen molar-refractivity contribution in [2.45, 2.75) is 26.8 Å². The molecule has 0 aliphatic rings. The maximum atomic E-state index is 13.1. The molecule has 0 amide bonds. The first-order chi connectivity index (χ1) is 7.40. The molecule has 0 heterocycles. The molecule has 4 heteroatoms. The van der Waals surface area contributed by atoms with E-state index in [4.69, 9.17) is 5.11 Å². The van der Waals surface area contributed by atoms with Gasteiger partial charge in [0, 0.05) is 11.7 Å². The fourth-order valence-electron chi connectivity index (χ4n) is 1.42. The predicted molar refractivity (Wildman–Crippen MR) is 61.0 cm³/mol. The van der Waals surface area contributed by atoms with Gasteiger partial charge in [0.25, 0.3) is 0 Å². The molecule has 2 unspecified atom stereocenters. The lowest BCUT2D eigenvalue weighted by atomic mass is 10.0. The average molecular weight is 225 g/mol. The fraction of sp³-hybridized carbons (Fsp3) is 0.417. The number of rotatable bonds is 4. The van der Waals surface area contributed by atoms with E-state index >= 15 is 0 Å². The average Bonchev–Trinajstić information content (AvgIpc) is 2.14. The highest BCUT2D eigenvalue weighted by Gasteiger charge is 2.19. The van der Waals surface area contributed by atoms with Crippen LogP contribution < -0.4 is 5.32 Å². The van der Waals surface area contributed by atoms with Crippen LogP contribution in [0.5, 0.6) is 0 Å². The third kappa shape index (κ3) is 3.22. The van der Waals surface area contributed by atoms with E-state index in [1.807, 2.05) is 0 Å². The largest absolute Gasteiger partial charge is 0.481 e. The van der Waals surface area contributed by atoms with E-state index in [0.29, 0.717) is 5.69 Å². The van der Waals surface area contributed by atoms with Crippen molar-refractivity contribution in [1.82, 2.24) is 0 Å². The molecule has 3 nitrogen and oxygen atoms in total. The summed E-state index contributed by atoms with van der Waals surface area (Å²) in [5.74, 6) is -1.71. The predicted octanol–water partition coefficient (Wildman–Crippen LogP) is 2.66. The SMILES string of the molecule is Cc1cc(F)cc(NC(C)C(C)C(=O)O)c1. The first-order valence-electron chi connectivity index (χ1n) is 5.16. The Hall–Kier alpha value is -1.58. The molecule has 0 bridgehead atoms. The summed E-state index contributed by atoms with van der Waals surface area (Å²) >= 11 is 0. The van der Waals surface area contributed by atoms with Crippen LogP contribution >= 0.6 is 0 Å². The van der Waals surface area contributed by atoms with Crippen LogP contribution in [0.25, 0.3) is 0 Å². The zero-order valence-corrected chi connectivity index (χ0v) is 9.62. The number of aryl methyl sites for hydroxylation is 1. The van der Waals surface area contributed by atoms with Gasteiger partial charge in [-0.25, -0.2) is 4.39 Å². The Morgan fingerprint density at radius 3 is 2.50 bits per heavy atom. The van der Waals surface area contributed by atoms with E-state index in [1.54, 1.807) is 26.8 Å². The Morgan fingerprint density at radius 1 is 1.38 bits per heavy atom. The van der Waals surface area contributed by atoms with Crippen molar-refractivity contribution < 1.29 is 14.3 Å². The smallest absolute Gasteiger partial charge is 0.308 e. The minimum Gasteiger partial charge on any atom is -0.481 e. The van der Waals surface area contributed by atoms with E-state index < -0.39 is 11.9 Å². The highest BCUT2D eigenvalue weighted by molar-refractivity contribution is 5.71. The number of aliphatic carboxylic acids is 1. The number of nitrogens with one attached hydrogen (secondary N) is 1. The second-order valence-corrected chi connectivity index (χ2v) is 4.08. The van der Waals surface area contributed by atoms with Crippen molar-refractivity contribution in [1.29, 1.82) is 0 Å². The number of carboxylic acids is 1. The van der Waals surface area contributed by atoms with Crippen molar-refractivity contribution in [3.63, 3.8) is 0 Å². The van der Waals surface area contributed by atoms with Crippen LogP contribution in [0, 0.1) is 18.7 Å². The summed E-state index contributed by atoms with van der Waals surface area (Å²) in [6, 6.07) is 4.32. The zero-order chi connectivity index (χ0) is 12.3. The molecule has 16 heavy (non-hydrogen) atoms. The van der Waals surface area contributed by atoms with Crippen LogP contribution in [0.1, 0.15) is 19.4 Å². The Balaban J connectivity index is 2.76. The maximum absolute atomic E-state index is 13.1. The van der Waals surface area contributed by atoms with E-state index in [0.717, 1.165) is 5.56 Å². The molecule has 0 saturated carbocycles. The summed E-state index contributed by atoms with van der Waals surface area (Å²) < 4.78 is 13.1. The molecule has 1 aromatic rings. The third-order valence-electron chi connectivity index (χ3n) is 2.58. The van der Waals surface area contributed by atoms with Crippen molar-refractivity contribution in [2.75, 3.05) is 5.32 Å². The van der Waals surface area contributed by atoms with Crippen molar-refractivity contribution in [2.24, 2.45) is 5.92 Å². The molecule has 1 rings (SSSR count). The number of benzene rings is 1. The molecule has 0 aromatic heterocycles. The standard InChI is InChI=1S/C12H16FNO2/c1-7-4-10(13)6-11(5-7)14-9(3)8(2)12(15)16/h4-6,8-9,14H,1-3H3,(H,15,16). The van der Waals surface area contributed by atoms with Gasteiger partial charge in [-0.05, 0) is 44.5 Å². The van der Waals surface area contributed by atoms with Crippen LogP contribution in [-0.4, -0.2) is 17.1 Å². The molecular formula is C12H16FNO2. The van der Waals surface area contributed by atoms with Gasteiger partial charge < -0.3 is 10.4 Å². The molecular weight excluding hydrogens is 209 g/mol. The van der Waals surface area contributed by atoms with Gasteiger partial charge in [-0.3, -0.25) is 4.79 Å². The maximum Gasteiger partial charge on any atom is 0.308 e. The highest BCUT2D eigenvalue weighted by Crippen LogP contribution is 2.16. The topological polar surface area (TPSA) is 49.3 Å². The number of carboxylic acid groups (broad SMARTS) is 1. The monoisotopic (exact) mass is 225 g/mol. The van der Waals surface area contributed by atoms with Gasteiger partial charge in [0.05, 0.1) is 5.92 Å². The Kier molecular flexibility index (Phi) is 3.88. The number of carbonyl (C=O) groups is 1. The molecule has 0 aliphatic heterocycles. The van der Waals surface area contributed by atoms with Crippen LogP contribution in [0.15, 0.2) is 18.2 Å². The number of halogens is 1. The van der Waals surface area contributed by atoms with Crippen molar-refractivity contribution >= 4 is 11.7 Å². The summed E-state index contributed by atoms with van der Waals surface area (Å²) in [4.78, 5) is 10.8. The number of anilines is 1. The van der Waals surface area contributed by atoms with Crippen LogP contribution in [0.4, 0.5) is 10.1 Å². The van der Waals surface area contributed by atoms with Gasteiger partial charge in [-0.15, -0.1) is 0 Å². The van der Waals surface area contributed by atoms with Crippen LogP contribution in [0.3, 0.4) is 0 Å². The van der Waals surface area contributed by atoms with Gasteiger partial charge in [0.1, 0.15) is 5.82 Å². The molecule has 88 valence electrons. The van der Waals surface area contributed by atoms with Crippen LogP contribution in [-0.2, 0) is 4.79 Å². The van der Waals surface area contributed by atoms with Gasteiger partial charge in [0.15, 0.2) is 0 Å². The first kappa shape index (κ1) is 12.5. The fourth-order valence-corrected chi connectivity index (χ4v) is 1.42. The molecule has 0 saturated heterocycles. The summed E-state index contributed by atoms with van der Waals surface area (Å²) in [5.41, 5.74) is 1.41. The van der Waals surface area contributed by atoms with Crippen molar-refractivity contribution in [3.05, 3.63) is 29.6 Å². The summed E-state index contributed by atoms with van der Waals surface area (Å²) in [7, 11) is 0. The van der Waals surface area contributed by atoms with E-state index in [1.165, 1.54) is 12.1 Å². The molecule has 2 atom stereocenters. The van der Waals surface area contributed by atoms with Gasteiger partial charge in [-0.2, -0.15) is 0 Å². The molecule has 2 N–H and O–H groups in total. The zero-order valence-electron chi connectivity index (χ0n) is 9.62. The van der Waals surface area contributed by atoms with Gasteiger partial charge in [-0.1, -0.05) is 0 Å². The summed E-state index contributed by atoms with van der Waals surface area (Å²) in [6.07, 6.45) is 0.